The number of likely N-dealkylation sites (N-methyl/N-ethyl adjacent to an activating group) is 1. The average Bonchev–Trinajstić information content (AvgIpc) is 2.98. The van der Waals surface area contributed by atoms with Gasteiger partial charge in [0.2, 0.25) is 0 Å². The molecule has 8 heteroatoms. The van der Waals surface area contributed by atoms with E-state index >= 15 is 0 Å². The van der Waals surface area contributed by atoms with Gasteiger partial charge in [0.15, 0.2) is 12.1 Å². The van der Waals surface area contributed by atoms with Crippen molar-refractivity contribution in [2.45, 2.75) is 142 Å². The minimum Gasteiger partial charge on any atom is -0.477 e. The van der Waals surface area contributed by atoms with Crippen molar-refractivity contribution in [3.8, 4) is 0 Å². The van der Waals surface area contributed by atoms with E-state index in [2.05, 4.69) is 44.2 Å². The lowest BCUT2D eigenvalue weighted by Gasteiger charge is -2.31. The number of carbonyl (C=O) groups excluding carboxylic acids is 2. The monoisotopic (exact) mass is 636 g/mol. The minimum atomic E-state index is -0.884. The maximum Gasteiger partial charge on any atom is 0.362 e. The van der Waals surface area contributed by atoms with Gasteiger partial charge < -0.3 is 23.8 Å². The number of hydrogen-bond donors (Lipinski definition) is 1. The second-order valence-electron chi connectivity index (χ2n) is 12.7. The van der Waals surface area contributed by atoms with Gasteiger partial charge in [0.1, 0.15) is 6.61 Å². The number of ether oxygens (including phenoxy) is 3. The first-order chi connectivity index (χ1) is 21.6. The summed E-state index contributed by atoms with van der Waals surface area (Å²) in [6.45, 7) is 4.49. The van der Waals surface area contributed by atoms with Crippen LogP contribution < -0.4 is 0 Å². The van der Waals surface area contributed by atoms with Gasteiger partial charge in [-0.1, -0.05) is 95.2 Å². The smallest absolute Gasteiger partial charge is 0.362 e. The molecule has 0 amide bonds. The summed E-state index contributed by atoms with van der Waals surface area (Å²) in [5.74, 6) is -1.55. The van der Waals surface area contributed by atoms with Crippen molar-refractivity contribution < 1.29 is 38.2 Å². The molecule has 0 saturated heterocycles. The lowest BCUT2D eigenvalue weighted by atomic mass is 10.1. The first-order valence-electron chi connectivity index (χ1n) is 17.5. The molecule has 260 valence electrons. The predicted octanol–water partition coefficient (Wildman–Crippen LogP) is 8.35. The second-order valence-corrected chi connectivity index (χ2v) is 12.7. The molecule has 0 heterocycles. The summed E-state index contributed by atoms with van der Waals surface area (Å²) in [5, 5.41) is 9.54. The van der Waals surface area contributed by atoms with Gasteiger partial charge in [0.25, 0.3) is 0 Å². The van der Waals surface area contributed by atoms with Crippen molar-refractivity contribution in [1.82, 2.24) is 0 Å². The van der Waals surface area contributed by atoms with E-state index in [0.29, 0.717) is 19.3 Å². The van der Waals surface area contributed by atoms with Crippen molar-refractivity contribution in [1.29, 1.82) is 0 Å². The Balaban J connectivity index is 4.46. The Morgan fingerprint density at radius 1 is 0.689 bits per heavy atom. The molecular weight excluding hydrogens is 570 g/mol. The zero-order valence-electron chi connectivity index (χ0n) is 29.3. The van der Waals surface area contributed by atoms with E-state index in [1.165, 1.54) is 38.5 Å². The molecular formula is C37H66NO7+. The molecule has 0 fully saturated rings. The average molecular weight is 637 g/mol. The molecule has 0 aliphatic heterocycles. The van der Waals surface area contributed by atoms with Crippen LogP contribution in [-0.4, -0.2) is 80.6 Å². The maximum absolute atomic E-state index is 12.6. The number of allylic oxidation sites excluding steroid dienone is 6. The standard InChI is InChI=1S/C37H65NO7/c1-6-8-10-12-14-15-16-17-18-19-20-22-24-26-28-36(40)45-33(31-43-30-29-34(37(41)42)38(3,4)5)32-44-35(39)27-25-23-21-13-11-9-7-2/h8,10,14-15,21,23,33-34H,6-7,9,11-13,16-20,22,24-32H2,1-5H3/p+1/b10-8+,15-14+,23-21+. The van der Waals surface area contributed by atoms with Gasteiger partial charge in [0.05, 0.1) is 34.4 Å². The Labute approximate surface area is 274 Å². The summed E-state index contributed by atoms with van der Waals surface area (Å²) < 4.78 is 17.0. The summed E-state index contributed by atoms with van der Waals surface area (Å²) >= 11 is 0. The Morgan fingerprint density at radius 3 is 1.93 bits per heavy atom. The summed E-state index contributed by atoms with van der Waals surface area (Å²) in [6.07, 6.45) is 29.3. The van der Waals surface area contributed by atoms with E-state index in [-0.39, 0.29) is 42.7 Å². The largest absolute Gasteiger partial charge is 0.477 e. The predicted molar refractivity (Wildman–Crippen MR) is 183 cm³/mol. The number of esters is 2. The third-order valence-corrected chi connectivity index (χ3v) is 7.54. The fourth-order valence-corrected chi connectivity index (χ4v) is 4.79. The molecule has 0 aromatic heterocycles. The van der Waals surface area contributed by atoms with Crippen molar-refractivity contribution in [3.05, 3.63) is 36.5 Å². The first kappa shape index (κ1) is 42.6. The summed E-state index contributed by atoms with van der Waals surface area (Å²) in [5.41, 5.74) is 0. The quantitative estimate of drug-likeness (QED) is 0.0366. The van der Waals surface area contributed by atoms with Crippen LogP contribution in [0, 0.1) is 0 Å². The van der Waals surface area contributed by atoms with E-state index in [9.17, 15) is 19.5 Å². The van der Waals surface area contributed by atoms with Gasteiger partial charge in [-0.2, -0.15) is 0 Å². The number of nitrogens with zero attached hydrogens (tertiary/aromatic N) is 1. The van der Waals surface area contributed by atoms with Crippen LogP contribution in [-0.2, 0) is 28.6 Å². The molecule has 0 aromatic carbocycles. The fourth-order valence-electron chi connectivity index (χ4n) is 4.79. The van der Waals surface area contributed by atoms with Crippen molar-refractivity contribution in [3.63, 3.8) is 0 Å². The van der Waals surface area contributed by atoms with E-state index in [4.69, 9.17) is 14.2 Å². The maximum atomic E-state index is 12.6. The van der Waals surface area contributed by atoms with E-state index < -0.39 is 18.1 Å². The molecule has 0 aromatic rings. The van der Waals surface area contributed by atoms with Crippen LogP contribution in [0.3, 0.4) is 0 Å². The molecule has 1 N–H and O–H groups in total. The molecule has 2 atom stereocenters. The Morgan fingerprint density at radius 2 is 1.29 bits per heavy atom. The number of carboxylic acids is 1. The zero-order chi connectivity index (χ0) is 33.6. The summed E-state index contributed by atoms with van der Waals surface area (Å²) in [7, 11) is 5.49. The molecule has 2 unspecified atom stereocenters. The van der Waals surface area contributed by atoms with Gasteiger partial charge in [-0.15, -0.1) is 0 Å². The highest BCUT2D eigenvalue weighted by molar-refractivity contribution is 5.72. The number of quaternary nitrogens is 1. The normalized spacial score (nSPS) is 13.5. The second kappa shape index (κ2) is 29.0. The minimum absolute atomic E-state index is 0.0461. The molecule has 45 heavy (non-hydrogen) atoms. The highest BCUT2D eigenvalue weighted by Gasteiger charge is 2.31. The van der Waals surface area contributed by atoms with Crippen LogP contribution in [0.25, 0.3) is 0 Å². The fraction of sp³-hybridized carbons (Fsp3) is 0.757. The third-order valence-electron chi connectivity index (χ3n) is 7.54. The van der Waals surface area contributed by atoms with Gasteiger partial charge in [0, 0.05) is 19.3 Å². The van der Waals surface area contributed by atoms with E-state index in [0.717, 1.165) is 51.4 Å². The molecule has 0 aliphatic carbocycles. The molecule has 0 saturated carbocycles. The van der Waals surface area contributed by atoms with Crippen LogP contribution in [0.1, 0.15) is 129 Å². The lowest BCUT2D eigenvalue weighted by Crippen LogP contribution is -2.50. The topological polar surface area (TPSA) is 99.1 Å². The van der Waals surface area contributed by atoms with Gasteiger partial charge in [-0.05, 0) is 51.4 Å². The Kier molecular flexibility index (Phi) is 27.4. The van der Waals surface area contributed by atoms with Crippen molar-refractivity contribution in [2.75, 3.05) is 41.0 Å². The van der Waals surface area contributed by atoms with Crippen molar-refractivity contribution in [2.24, 2.45) is 0 Å². The molecule has 0 aliphatic rings. The van der Waals surface area contributed by atoms with E-state index in [1.54, 1.807) is 0 Å². The van der Waals surface area contributed by atoms with Crippen LogP contribution >= 0.6 is 0 Å². The highest BCUT2D eigenvalue weighted by atomic mass is 16.6. The number of unbranched alkanes of at least 4 members (excludes halogenated alkanes) is 10. The SMILES string of the molecule is CC/C=C/C/C=C/CCCCCCCCCC(=O)OC(COCCC(C(=O)O)[N+](C)(C)C)COC(=O)CC/C=C/CCCCC. The third kappa shape index (κ3) is 27.6. The van der Waals surface area contributed by atoms with Crippen molar-refractivity contribution >= 4 is 17.9 Å². The Bertz CT molecular complexity index is 844. The van der Waals surface area contributed by atoms with Crippen LogP contribution in [0.15, 0.2) is 36.5 Å². The number of aliphatic carboxylic acids is 1. The lowest BCUT2D eigenvalue weighted by molar-refractivity contribution is -0.887. The summed E-state index contributed by atoms with van der Waals surface area (Å²) in [6, 6.07) is -0.617. The number of carboxylic acid groups (broad SMARTS) is 1. The van der Waals surface area contributed by atoms with Gasteiger partial charge >= 0.3 is 17.9 Å². The number of rotatable bonds is 30. The number of carbonyl (C=O) groups is 3. The van der Waals surface area contributed by atoms with Gasteiger partial charge in [-0.3, -0.25) is 9.59 Å². The van der Waals surface area contributed by atoms with Crippen LogP contribution in [0.5, 0.6) is 0 Å². The Hall–Kier alpha value is -2.45. The molecule has 0 bridgehead atoms. The van der Waals surface area contributed by atoms with Crippen LogP contribution in [0.4, 0.5) is 0 Å². The molecule has 8 nitrogen and oxygen atoms in total. The first-order valence-corrected chi connectivity index (χ1v) is 17.5. The van der Waals surface area contributed by atoms with E-state index in [1.807, 2.05) is 27.2 Å². The highest BCUT2D eigenvalue weighted by Crippen LogP contribution is 2.12. The van der Waals surface area contributed by atoms with Gasteiger partial charge in [-0.25, -0.2) is 4.79 Å². The van der Waals surface area contributed by atoms with Crippen LogP contribution in [0.2, 0.25) is 0 Å². The molecule has 0 radical (unpaired) electrons. The molecule has 0 spiro atoms. The summed E-state index contributed by atoms with van der Waals surface area (Å²) in [4.78, 5) is 36.5. The number of hydrogen-bond acceptors (Lipinski definition) is 6. The zero-order valence-corrected chi connectivity index (χ0v) is 29.3. The molecule has 0 rings (SSSR count).